The summed E-state index contributed by atoms with van der Waals surface area (Å²) in [6.45, 7) is 2.97. The molecule has 1 rings (SSSR count). The van der Waals surface area contributed by atoms with E-state index < -0.39 is 4.92 Å². The van der Waals surface area contributed by atoms with Crippen LogP contribution in [0.5, 0.6) is 0 Å². The van der Waals surface area contributed by atoms with E-state index in [9.17, 15) is 10.1 Å². The molecule has 0 bridgehead atoms. The maximum atomic E-state index is 10.8. The molecule has 0 amide bonds. The predicted octanol–water partition coefficient (Wildman–Crippen LogP) is 2.12. The summed E-state index contributed by atoms with van der Waals surface area (Å²) in [5, 5.41) is 19.5. The number of nitro groups is 1. The van der Waals surface area contributed by atoms with Gasteiger partial charge in [-0.3, -0.25) is 10.1 Å². The minimum Gasteiger partial charge on any atom is -0.397 e. The van der Waals surface area contributed by atoms with Crippen LogP contribution in [0.3, 0.4) is 0 Å². The maximum Gasteiger partial charge on any atom is 0.308 e. The average Bonchev–Trinajstić information content (AvgIpc) is 2.28. The molecule has 92 valence electrons. The van der Waals surface area contributed by atoms with Gasteiger partial charge in [-0.05, 0) is 38.1 Å². The first-order valence-corrected chi connectivity index (χ1v) is 5.12. The molecule has 0 unspecified atom stereocenters. The molecular weight excluding hydrogens is 232 g/mol. The first-order valence-electron chi connectivity index (χ1n) is 5.12. The van der Waals surface area contributed by atoms with Gasteiger partial charge in [-0.25, -0.2) is 4.99 Å². The van der Waals surface area contributed by atoms with Gasteiger partial charge in [-0.2, -0.15) is 5.26 Å². The molecule has 0 fully saturated rings. The lowest BCUT2D eigenvalue weighted by atomic mass is 10.2. The van der Waals surface area contributed by atoms with Crippen LogP contribution >= 0.6 is 0 Å². The second kappa shape index (κ2) is 5.59. The van der Waals surface area contributed by atoms with Crippen molar-refractivity contribution in [3.63, 3.8) is 0 Å². The Morgan fingerprint density at radius 1 is 1.39 bits per heavy atom. The number of allylic oxidation sites excluding steroid dienone is 2. The summed E-state index contributed by atoms with van der Waals surface area (Å²) >= 11 is 0. The van der Waals surface area contributed by atoms with Crippen molar-refractivity contribution in [3.8, 4) is 6.07 Å². The van der Waals surface area contributed by atoms with Gasteiger partial charge >= 0.3 is 5.70 Å². The third-order valence-corrected chi connectivity index (χ3v) is 2.19. The number of rotatable bonds is 3. The van der Waals surface area contributed by atoms with Crippen LogP contribution in [0.2, 0.25) is 0 Å². The van der Waals surface area contributed by atoms with E-state index in [1.54, 1.807) is 24.3 Å². The molecule has 1 aromatic rings. The Kier molecular flexibility index (Phi) is 4.16. The summed E-state index contributed by atoms with van der Waals surface area (Å²) in [6.07, 6.45) is 0. The fraction of sp³-hybridized carbons (Fsp3) is 0.167. The normalized spacial score (nSPS) is 12.6. The molecule has 0 spiro atoms. The standard InChI is InChI=1S/C12H12N4O2/c1-8(14)12(16(17)18)9(2)15-11-5-3-10(7-13)4-6-11/h3-6H,14H2,1-2H3. The Balaban J connectivity index is 3.13. The fourth-order valence-electron chi connectivity index (χ4n) is 1.42. The molecule has 18 heavy (non-hydrogen) atoms. The van der Waals surface area contributed by atoms with Crippen LogP contribution in [0.1, 0.15) is 19.4 Å². The third-order valence-electron chi connectivity index (χ3n) is 2.19. The molecule has 1 aromatic carbocycles. The number of nitrogens with zero attached hydrogens (tertiary/aromatic N) is 3. The minimum atomic E-state index is -0.558. The summed E-state index contributed by atoms with van der Waals surface area (Å²) in [6, 6.07) is 8.40. The number of aliphatic imine (C=N–C) groups is 1. The Morgan fingerprint density at radius 2 is 1.94 bits per heavy atom. The second-order valence-corrected chi connectivity index (χ2v) is 3.64. The Hall–Kier alpha value is -2.68. The fourth-order valence-corrected chi connectivity index (χ4v) is 1.42. The van der Waals surface area contributed by atoms with Crippen LogP contribution < -0.4 is 5.73 Å². The molecule has 0 aliphatic carbocycles. The number of benzene rings is 1. The van der Waals surface area contributed by atoms with Crippen LogP contribution in [0.15, 0.2) is 40.7 Å². The summed E-state index contributed by atoms with van der Waals surface area (Å²) in [5.74, 6) is 0. The number of nitrogens with two attached hydrogens (primary N) is 1. The lowest BCUT2D eigenvalue weighted by molar-refractivity contribution is -0.416. The zero-order chi connectivity index (χ0) is 13.7. The molecule has 0 aliphatic heterocycles. The first kappa shape index (κ1) is 13.4. The zero-order valence-electron chi connectivity index (χ0n) is 10.0. The molecule has 0 aromatic heterocycles. The molecule has 2 N–H and O–H groups in total. The zero-order valence-corrected chi connectivity index (χ0v) is 10.0. The number of hydrogen-bond acceptors (Lipinski definition) is 5. The highest BCUT2D eigenvalue weighted by molar-refractivity contribution is 5.98. The molecule has 0 radical (unpaired) electrons. The average molecular weight is 244 g/mol. The molecule has 0 saturated carbocycles. The molecular formula is C12H12N4O2. The largest absolute Gasteiger partial charge is 0.397 e. The van der Waals surface area contributed by atoms with Gasteiger partial charge in [-0.15, -0.1) is 0 Å². The van der Waals surface area contributed by atoms with Crippen LogP contribution in [0.4, 0.5) is 5.69 Å². The number of hydrogen-bond donors (Lipinski definition) is 1. The Labute approximate surface area is 104 Å². The lowest BCUT2D eigenvalue weighted by Crippen LogP contribution is -2.14. The minimum absolute atomic E-state index is 0.106. The monoisotopic (exact) mass is 244 g/mol. The molecule has 0 heterocycles. The van der Waals surface area contributed by atoms with Crippen molar-refractivity contribution in [2.45, 2.75) is 13.8 Å². The quantitative estimate of drug-likeness (QED) is 0.499. The van der Waals surface area contributed by atoms with Crippen molar-refractivity contribution >= 4 is 11.4 Å². The highest BCUT2D eigenvalue weighted by Gasteiger charge is 2.17. The van der Waals surface area contributed by atoms with Crippen LogP contribution in [0, 0.1) is 21.4 Å². The maximum absolute atomic E-state index is 10.8. The summed E-state index contributed by atoms with van der Waals surface area (Å²) < 4.78 is 0. The van der Waals surface area contributed by atoms with Crippen molar-refractivity contribution in [2.24, 2.45) is 10.7 Å². The van der Waals surface area contributed by atoms with Gasteiger partial charge in [-0.1, -0.05) is 0 Å². The molecule has 0 atom stereocenters. The van der Waals surface area contributed by atoms with Crippen LogP contribution in [-0.2, 0) is 0 Å². The van der Waals surface area contributed by atoms with E-state index in [1.165, 1.54) is 13.8 Å². The van der Waals surface area contributed by atoms with E-state index in [4.69, 9.17) is 11.0 Å². The van der Waals surface area contributed by atoms with Crippen molar-refractivity contribution in [2.75, 3.05) is 0 Å². The van der Waals surface area contributed by atoms with E-state index in [1.807, 2.05) is 6.07 Å². The topological polar surface area (TPSA) is 105 Å². The smallest absolute Gasteiger partial charge is 0.308 e. The molecule has 0 saturated heterocycles. The van der Waals surface area contributed by atoms with Crippen molar-refractivity contribution in [1.82, 2.24) is 0 Å². The summed E-state index contributed by atoms with van der Waals surface area (Å²) in [4.78, 5) is 14.4. The Bertz CT molecular complexity index is 561. The SMILES string of the molecule is CC(=Nc1ccc(C#N)cc1)C(=C(C)N)[N+](=O)[O-]. The van der Waals surface area contributed by atoms with Gasteiger partial charge in [0.1, 0.15) is 5.71 Å². The van der Waals surface area contributed by atoms with Gasteiger partial charge in [0.05, 0.1) is 27.9 Å². The second-order valence-electron chi connectivity index (χ2n) is 3.64. The van der Waals surface area contributed by atoms with Crippen molar-refractivity contribution in [3.05, 3.63) is 51.3 Å². The predicted molar refractivity (Wildman–Crippen MR) is 67.8 cm³/mol. The van der Waals surface area contributed by atoms with E-state index in [-0.39, 0.29) is 17.1 Å². The molecule has 0 aliphatic rings. The Morgan fingerprint density at radius 3 is 2.33 bits per heavy atom. The highest BCUT2D eigenvalue weighted by Crippen LogP contribution is 2.15. The number of nitriles is 1. The van der Waals surface area contributed by atoms with E-state index in [2.05, 4.69) is 4.99 Å². The van der Waals surface area contributed by atoms with Crippen LogP contribution in [0.25, 0.3) is 0 Å². The van der Waals surface area contributed by atoms with Gasteiger partial charge in [0.2, 0.25) is 0 Å². The van der Waals surface area contributed by atoms with Gasteiger partial charge in [0, 0.05) is 0 Å². The summed E-state index contributed by atoms with van der Waals surface area (Å²) in [5.41, 5.74) is 6.63. The molecule has 6 heteroatoms. The van der Waals surface area contributed by atoms with E-state index in [0.717, 1.165) is 0 Å². The molecule has 6 nitrogen and oxygen atoms in total. The van der Waals surface area contributed by atoms with Crippen molar-refractivity contribution in [1.29, 1.82) is 5.26 Å². The van der Waals surface area contributed by atoms with Gasteiger partial charge < -0.3 is 5.73 Å². The van der Waals surface area contributed by atoms with Crippen molar-refractivity contribution < 1.29 is 4.92 Å². The third kappa shape index (κ3) is 3.15. The van der Waals surface area contributed by atoms with Crippen LogP contribution in [-0.4, -0.2) is 10.6 Å². The lowest BCUT2D eigenvalue weighted by Gasteiger charge is -2.00. The highest BCUT2D eigenvalue weighted by atomic mass is 16.6. The first-order chi connectivity index (χ1) is 8.45. The van der Waals surface area contributed by atoms with E-state index >= 15 is 0 Å². The van der Waals surface area contributed by atoms with E-state index in [0.29, 0.717) is 11.3 Å². The van der Waals surface area contributed by atoms with Gasteiger partial charge in [0.25, 0.3) is 0 Å². The van der Waals surface area contributed by atoms with Gasteiger partial charge in [0.15, 0.2) is 0 Å². The summed E-state index contributed by atoms with van der Waals surface area (Å²) in [7, 11) is 0.